The maximum Gasteiger partial charge on any atom is 0.0115 e. The normalized spacial score (nSPS) is 20.8. The lowest BCUT2D eigenvalue weighted by Gasteiger charge is -2.41. The Balaban J connectivity index is 1.84. The predicted octanol–water partition coefficient (Wildman–Crippen LogP) is 8.66. The molecule has 0 fully saturated rings. The molecule has 0 saturated carbocycles. The van der Waals surface area contributed by atoms with Gasteiger partial charge in [-0.15, -0.1) is 0 Å². The van der Waals surface area contributed by atoms with E-state index >= 15 is 0 Å². The molecule has 29 heavy (non-hydrogen) atoms. The van der Waals surface area contributed by atoms with Crippen LogP contribution in [0, 0.1) is 5.41 Å². The zero-order valence-corrected chi connectivity index (χ0v) is 19.4. The van der Waals surface area contributed by atoms with Gasteiger partial charge in [0.15, 0.2) is 0 Å². The Kier molecular flexibility index (Phi) is 4.88. The smallest absolute Gasteiger partial charge is 0.0115 e. The maximum absolute atomic E-state index is 2.49. The van der Waals surface area contributed by atoms with Crippen LogP contribution >= 0.6 is 0 Å². The van der Waals surface area contributed by atoms with Gasteiger partial charge >= 0.3 is 0 Å². The molecule has 2 atom stereocenters. The highest BCUT2D eigenvalue weighted by atomic mass is 14.5. The standard InChI is InChI=1S/C29H36/c1-17(2)21-11-9-13-23-25(21)15-19(5)27(23)29(7,8)28-20(6)16-26-22(18(3)4)12-10-14-24(26)28/h9-18,27-28H,1-8H3. The van der Waals surface area contributed by atoms with Crippen molar-refractivity contribution in [2.45, 2.75) is 79.1 Å². The average Bonchev–Trinajstić information content (AvgIpc) is 3.16. The van der Waals surface area contributed by atoms with Crippen LogP contribution in [0.15, 0.2) is 47.5 Å². The first-order valence-corrected chi connectivity index (χ1v) is 11.3. The van der Waals surface area contributed by atoms with E-state index in [0.29, 0.717) is 23.7 Å². The molecular weight excluding hydrogens is 348 g/mol. The molecule has 0 heterocycles. The molecule has 0 heteroatoms. The number of rotatable bonds is 4. The molecule has 0 saturated heterocycles. The fraction of sp³-hybridized carbons (Fsp3) is 0.448. The molecule has 0 N–H and O–H groups in total. The largest absolute Gasteiger partial charge is 0.0646 e. The van der Waals surface area contributed by atoms with Crippen LogP contribution in [0.5, 0.6) is 0 Å². The second kappa shape index (κ2) is 7.01. The number of hydrogen-bond donors (Lipinski definition) is 0. The lowest BCUT2D eigenvalue weighted by Crippen LogP contribution is -2.30. The van der Waals surface area contributed by atoms with Crippen LogP contribution in [0.25, 0.3) is 12.2 Å². The number of fused-ring (bicyclic) bond motifs is 2. The second-order valence-electron chi connectivity index (χ2n) is 10.5. The van der Waals surface area contributed by atoms with E-state index in [-0.39, 0.29) is 5.41 Å². The van der Waals surface area contributed by atoms with E-state index in [0.717, 1.165) is 0 Å². The molecule has 2 aromatic carbocycles. The van der Waals surface area contributed by atoms with E-state index in [9.17, 15) is 0 Å². The highest BCUT2D eigenvalue weighted by Crippen LogP contribution is 2.59. The molecule has 152 valence electrons. The molecule has 0 aliphatic heterocycles. The minimum Gasteiger partial charge on any atom is -0.0646 e. The first-order chi connectivity index (χ1) is 13.6. The Bertz CT molecular complexity index is 929. The lowest BCUT2D eigenvalue weighted by atomic mass is 9.62. The van der Waals surface area contributed by atoms with Crippen molar-refractivity contribution in [3.8, 4) is 0 Å². The van der Waals surface area contributed by atoms with Gasteiger partial charge in [0.25, 0.3) is 0 Å². The molecule has 0 aromatic heterocycles. The first-order valence-electron chi connectivity index (χ1n) is 11.3. The summed E-state index contributed by atoms with van der Waals surface area (Å²) in [6, 6.07) is 13.9. The van der Waals surface area contributed by atoms with Gasteiger partial charge in [-0.3, -0.25) is 0 Å². The van der Waals surface area contributed by atoms with E-state index in [1.807, 2.05) is 0 Å². The third-order valence-corrected chi connectivity index (χ3v) is 7.36. The number of benzene rings is 2. The zero-order valence-electron chi connectivity index (χ0n) is 19.4. The summed E-state index contributed by atoms with van der Waals surface area (Å²) in [5.74, 6) is 2.02. The summed E-state index contributed by atoms with van der Waals surface area (Å²) in [5, 5.41) is 0. The predicted molar refractivity (Wildman–Crippen MR) is 128 cm³/mol. The molecule has 0 nitrogen and oxygen atoms in total. The molecule has 0 bridgehead atoms. The fourth-order valence-corrected chi connectivity index (χ4v) is 6.30. The molecular formula is C29H36. The molecule has 0 spiro atoms. The zero-order chi connectivity index (χ0) is 21.1. The van der Waals surface area contributed by atoms with Gasteiger partial charge in [0.1, 0.15) is 0 Å². The summed E-state index contributed by atoms with van der Waals surface area (Å²) in [7, 11) is 0. The topological polar surface area (TPSA) is 0 Å². The third kappa shape index (κ3) is 3.03. The van der Waals surface area contributed by atoms with Crippen LogP contribution < -0.4 is 0 Å². The Morgan fingerprint density at radius 3 is 1.38 bits per heavy atom. The van der Waals surface area contributed by atoms with Gasteiger partial charge < -0.3 is 0 Å². The Hall–Kier alpha value is -2.08. The van der Waals surface area contributed by atoms with Crippen molar-refractivity contribution in [2.24, 2.45) is 5.41 Å². The monoisotopic (exact) mass is 384 g/mol. The van der Waals surface area contributed by atoms with E-state index < -0.39 is 0 Å². The van der Waals surface area contributed by atoms with Gasteiger partial charge in [0.05, 0.1) is 0 Å². The van der Waals surface area contributed by atoms with Gasteiger partial charge in [0, 0.05) is 11.8 Å². The van der Waals surface area contributed by atoms with Crippen LogP contribution in [-0.2, 0) is 0 Å². The molecule has 2 aromatic rings. The van der Waals surface area contributed by atoms with Crippen molar-refractivity contribution in [3.05, 3.63) is 80.9 Å². The minimum absolute atomic E-state index is 0.114. The van der Waals surface area contributed by atoms with E-state index in [1.165, 1.54) is 44.5 Å². The van der Waals surface area contributed by atoms with Gasteiger partial charge in [-0.2, -0.15) is 0 Å². The van der Waals surface area contributed by atoms with Crippen molar-refractivity contribution >= 4 is 12.2 Å². The van der Waals surface area contributed by atoms with E-state index in [2.05, 4.69) is 104 Å². The second-order valence-corrected chi connectivity index (χ2v) is 10.5. The Morgan fingerprint density at radius 1 is 0.655 bits per heavy atom. The Labute approximate surface area is 177 Å². The highest BCUT2D eigenvalue weighted by molar-refractivity contribution is 5.73. The van der Waals surface area contributed by atoms with Crippen LogP contribution in [0.2, 0.25) is 0 Å². The van der Waals surface area contributed by atoms with Crippen molar-refractivity contribution in [3.63, 3.8) is 0 Å². The molecule has 0 amide bonds. The van der Waals surface area contributed by atoms with Crippen LogP contribution in [0.3, 0.4) is 0 Å². The molecule has 2 unspecified atom stereocenters. The number of allylic oxidation sites excluding steroid dienone is 2. The van der Waals surface area contributed by atoms with Crippen molar-refractivity contribution < 1.29 is 0 Å². The third-order valence-electron chi connectivity index (χ3n) is 7.36. The SMILES string of the molecule is CC1=Cc2c(C(C)C)cccc2C1C(C)(C)C1C(C)=Cc2c(C(C)C)cccc21. The van der Waals surface area contributed by atoms with Crippen molar-refractivity contribution in [2.75, 3.05) is 0 Å². The van der Waals surface area contributed by atoms with E-state index in [1.54, 1.807) is 0 Å². The molecule has 0 radical (unpaired) electrons. The summed E-state index contributed by atoms with van der Waals surface area (Å²) in [6.07, 6.45) is 4.94. The average molecular weight is 385 g/mol. The summed E-state index contributed by atoms with van der Waals surface area (Å²) >= 11 is 0. The minimum atomic E-state index is 0.114. The van der Waals surface area contributed by atoms with Crippen molar-refractivity contribution in [1.82, 2.24) is 0 Å². The van der Waals surface area contributed by atoms with Crippen molar-refractivity contribution in [1.29, 1.82) is 0 Å². The quantitative estimate of drug-likeness (QED) is 0.494. The van der Waals surface area contributed by atoms with Gasteiger partial charge in [-0.1, -0.05) is 101 Å². The molecule has 2 aliphatic rings. The van der Waals surface area contributed by atoms with Crippen LogP contribution in [0.4, 0.5) is 0 Å². The van der Waals surface area contributed by atoms with Crippen LogP contribution in [0.1, 0.15) is 112 Å². The Morgan fingerprint density at radius 2 is 1.03 bits per heavy atom. The maximum atomic E-state index is 2.49. The van der Waals surface area contributed by atoms with Gasteiger partial charge in [0.2, 0.25) is 0 Å². The fourth-order valence-electron chi connectivity index (χ4n) is 6.30. The van der Waals surface area contributed by atoms with Gasteiger partial charge in [-0.05, 0) is 64.5 Å². The highest BCUT2D eigenvalue weighted by Gasteiger charge is 2.45. The van der Waals surface area contributed by atoms with Crippen LogP contribution in [-0.4, -0.2) is 0 Å². The summed E-state index contributed by atoms with van der Waals surface area (Å²) < 4.78 is 0. The van der Waals surface area contributed by atoms with Gasteiger partial charge in [-0.25, -0.2) is 0 Å². The lowest BCUT2D eigenvalue weighted by molar-refractivity contribution is 0.275. The molecule has 2 aliphatic carbocycles. The summed E-state index contributed by atoms with van der Waals surface area (Å²) in [4.78, 5) is 0. The summed E-state index contributed by atoms with van der Waals surface area (Å²) in [6.45, 7) is 18.9. The van der Waals surface area contributed by atoms with E-state index in [4.69, 9.17) is 0 Å². The summed E-state index contributed by atoms with van der Waals surface area (Å²) in [5.41, 5.74) is 12.1. The first kappa shape index (κ1) is 20.2. The molecule has 4 rings (SSSR count). The number of hydrogen-bond acceptors (Lipinski definition) is 0.